The van der Waals surface area contributed by atoms with Gasteiger partial charge in [-0.15, -0.1) is 0 Å². The fraction of sp³-hybridized carbons (Fsp3) is 0.800. The van der Waals surface area contributed by atoms with Crippen molar-refractivity contribution in [2.45, 2.75) is 34.1 Å². The lowest BCUT2D eigenvalue weighted by Gasteiger charge is -2.31. The third kappa shape index (κ3) is 4.76. The molecule has 0 aliphatic carbocycles. The lowest BCUT2D eigenvalue weighted by molar-refractivity contribution is 0.186. The molecule has 0 aromatic carbocycles. The predicted octanol–water partition coefficient (Wildman–Crippen LogP) is 2.82. The van der Waals surface area contributed by atoms with Gasteiger partial charge in [0.2, 0.25) is 0 Å². The lowest BCUT2D eigenvalue weighted by atomic mass is 9.77. The summed E-state index contributed by atoms with van der Waals surface area (Å²) in [6.45, 7) is 11.4. The summed E-state index contributed by atoms with van der Waals surface area (Å²) in [5.74, 6) is 0.500. The van der Waals surface area contributed by atoms with Crippen LogP contribution >= 0.6 is 11.6 Å². The summed E-state index contributed by atoms with van der Waals surface area (Å²) >= 11 is 6.35. The lowest BCUT2D eigenvalue weighted by Crippen LogP contribution is -2.35. The van der Waals surface area contributed by atoms with Gasteiger partial charge in [-0.2, -0.15) is 5.10 Å². The summed E-state index contributed by atoms with van der Waals surface area (Å²) in [7, 11) is 3.61. The number of aryl methyl sites for hydroxylation is 2. The molecule has 0 radical (unpaired) electrons. The molecule has 0 saturated carbocycles. The van der Waals surface area contributed by atoms with Gasteiger partial charge in [0.25, 0.3) is 0 Å². The van der Waals surface area contributed by atoms with Crippen LogP contribution in [0.2, 0.25) is 5.15 Å². The van der Waals surface area contributed by atoms with Crippen LogP contribution in [0.3, 0.4) is 0 Å². The van der Waals surface area contributed by atoms with Crippen molar-refractivity contribution in [1.29, 1.82) is 0 Å². The molecule has 5 heteroatoms. The second-order valence-corrected chi connectivity index (χ2v) is 6.80. The Morgan fingerprint density at radius 2 is 2.05 bits per heavy atom. The number of hydrogen-bond acceptors (Lipinski definition) is 3. The standard InChI is InChI=1S/C15H28ClN3O/c1-11-13(14(16)19(5)18-11)9-12(15(2,3)4)10-17-7-8-20-6/h12,17H,7-10H2,1-6H3. The van der Waals surface area contributed by atoms with Gasteiger partial charge < -0.3 is 10.1 Å². The van der Waals surface area contributed by atoms with Crippen LogP contribution in [-0.2, 0) is 18.2 Å². The largest absolute Gasteiger partial charge is 0.383 e. The van der Waals surface area contributed by atoms with Gasteiger partial charge in [0, 0.05) is 26.3 Å². The number of ether oxygens (including phenoxy) is 1. The third-order valence-corrected chi connectivity index (χ3v) is 4.29. The van der Waals surface area contributed by atoms with Crippen LogP contribution in [0.25, 0.3) is 0 Å². The molecule has 1 heterocycles. The molecule has 0 saturated heterocycles. The second-order valence-electron chi connectivity index (χ2n) is 6.44. The maximum atomic E-state index is 6.35. The van der Waals surface area contributed by atoms with E-state index < -0.39 is 0 Å². The fourth-order valence-corrected chi connectivity index (χ4v) is 2.54. The number of halogens is 1. The van der Waals surface area contributed by atoms with Gasteiger partial charge in [-0.05, 0) is 31.2 Å². The molecule has 1 aromatic heterocycles. The Hall–Kier alpha value is -0.580. The van der Waals surface area contributed by atoms with Crippen molar-refractivity contribution in [3.63, 3.8) is 0 Å². The molecule has 0 amide bonds. The number of hydrogen-bond donors (Lipinski definition) is 1. The van der Waals surface area contributed by atoms with E-state index in [4.69, 9.17) is 16.3 Å². The Kier molecular flexibility index (Phi) is 6.49. The van der Waals surface area contributed by atoms with Gasteiger partial charge in [-0.25, -0.2) is 0 Å². The highest BCUT2D eigenvalue weighted by atomic mass is 35.5. The smallest absolute Gasteiger partial charge is 0.130 e. The van der Waals surface area contributed by atoms with Crippen molar-refractivity contribution in [2.75, 3.05) is 26.8 Å². The molecular formula is C15H28ClN3O. The Morgan fingerprint density at radius 1 is 1.40 bits per heavy atom. The summed E-state index contributed by atoms with van der Waals surface area (Å²) in [5, 5.41) is 8.62. The average Bonchev–Trinajstić information content (AvgIpc) is 2.57. The number of nitrogens with one attached hydrogen (secondary N) is 1. The molecule has 0 spiro atoms. The van der Waals surface area contributed by atoms with Crippen LogP contribution in [0, 0.1) is 18.3 Å². The Morgan fingerprint density at radius 3 is 2.50 bits per heavy atom. The predicted molar refractivity (Wildman–Crippen MR) is 84.3 cm³/mol. The molecule has 4 nitrogen and oxygen atoms in total. The summed E-state index contributed by atoms with van der Waals surface area (Å²) in [6.07, 6.45) is 0.946. The number of rotatable bonds is 7. The van der Waals surface area contributed by atoms with Crippen LogP contribution in [-0.4, -0.2) is 36.6 Å². The maximum absolute atomic E-state index is 6.35. The summed E-state index contributed by atoms with van der Waals surface area (Å²) in [4.78, 5) is 0. The van der Waals surface area contributed by atoms with Crippen molar-refractivity contribution >= 4 is 11.6 Å². The molecule has 1 aromatic rings. The maximum Gasteiger partial charge on any atom is 0.130 e. The van der Waals surface area contributed by atoms with E-state index in [9.17, 15) is 0 Å². The zero-order valence-corrected chi connectivity index (χ0v) is 14.3. The molecule has 1 unspecified atom stereocenters. The van der Waals surface area contributed by atoms with Crippen LogP contribution in [0.15, 0.2) is 0 Å². The highest BCUT2D eigenvalue weighted by molar-refractivity contribution is 6.30. The van der Waals surface area contributed by atoms with E-state index in [1.165, 1.54) is 5.56 Å². The van der Waals surface area contributed by atoms with E-state index >= 15 is 0 Å². The van der Waals surface area contributed by atoms with Crippen LogP contribution in [0.4, 0.5) is 0 Å². The summed E-state index contributed by atoms with van der Waals surface area (Å²) in [5.41, 5.74) is 2.41. The minimum atomic E-state index is 0.214. The monoisotopic (exact) mass is 301 g/mol. The van der Waals surface area contributed by atoms with E-state index in [1.807, 2.05) is 14.0 Å². The number of nitrogens with zero attached hydrogens (tertiary/aromatic N) is 2. The van der Waals surface area contributed by atoms with Crippen molar-refractivity contribution in [2.24, 2.45) is 18.4 Å². The van der Waals surface area contributed by atoms with E-state index in [2.05, 4.69) is 31.2 Å². The minimum Gasteiger partial charge on any atom is -0.383 e. The summed E-state index contributed by atoms with van der Waals surface area (Å²) in [6, 6.07) is 0. The van der Waals surface area contributed by atoms with Gasteiger partial charge >= 0.3 is 0 Å². The molecular weight excluding hydrogens is 274 g/mol. The topological polar surface area (TPSA) is 39.1 Å². The molecule has 1 rings (SSSR count). The third-order valence-electron chi connectivity index (χ3n) is 3.82. The Bertz CT molecular complexity index is 423. The van der Waals surface area contributed by atoms with E-state index in [0.717, 1.165) is 37.0 Å². The zero-order chi connectivity index (χ0) is 15.3. The molecule has 1 atom stereocenters. The highest BCUT2D eigenvalue weighted by Gasteiger charge is 2.27. The molecule has 0 fully saturated rings. The van der Waals surface area contributed by atoms with Gasteiger partial charge in [0.05, 0.1) is 12.3 Å². The zero-order valence-electron chi connectivity index (χ0n) is 13.6. The first-order chi connectivity index (χ1) is 9.27. The fourth-order valence-electron chi connectivity index (χ4n) is 2.29. The molecule has 116 valence electrons. The SMILES string of the molecule is COCCNCC(Cc1c(C)nn(C)c1Cl)C(C)(C)C. The Balaban J connectivity index is 2.74. The Labute approximate surface area is 127 Å². The number of aromatic nitrogens is 2. The molecule has 0 aliphatic rings. The minimum absolute atomic E-state index is 0.214. The summed E-state index contributed by atoms with van der Waals surface area (Å²) < 4.78 is 6.83. The van der Waals surface area contributed by atoms with Gasteiger partial charge in [0.1, 0.15) is 5.15 Å². The van der Waals surface area contributed by atoms with E-state index in [1.54, 1.807) is 11.8 Å². The van der Waals surface area contributed by atoms with Crippen molar-refractivity contribution in [3.8, 4) is 0 Å². The first kappa shape index (κ1) is 17.5. The quantitative estimate of drug-likeness (QED) is 0.787. The molecule has 1 N–H and O–H groups in total. The van der Waals surface area contributed by atoms with E-state index in [0.29, 0.717) is 5.92 Å². The second kappa shape index (κ2) is 7.43. The van der Waals surface area contributed by atoms with Gasteiger partial charge in [-0.3, -0.25) is 4.68 Å². The molecule has 0 bridgehead atoms. The highest BCUT2D eigenvalue weighted by Crippen LogP contribution is 2.31. The van der Waals surface area contributed by atoms with Gasteiger partial charge in [-0.1, -0.05) is 32.4 Å². The van der Waals surface area contributed by atoms with Crippen molar-refractivity contribution < 1.29 is 4.74 Å². The molecule has 0 aliphatic heterocycles. The first-order valence-electron chi connectivity index (χ1n) is 7.15. The average molecular weight is 302 g/mol. The molecule has 20 heavy (non-hydrogen) atoms. The van der Waals surface area contributed by atoms with Crippen LogP contribution < -0.4 is 5.32 Å². The van der Waals surface area contributed by atoms with Gasteiger partial charge in [0.15, 0.2) is 0 Å². The van der Waals surface area contributed by atoms with Crippen LogP contribution in [0.1, 0.15) is 32.0 Å². The van der Waals surface area contributed by atoms with E-state index in [-0.39, 0.29) is 5.41 Å². The van der Waals surface area contributed by atoms with Crippen molar-refractivity contribution in [3.05, 3.63) is 16.4 Å². The van der Waals surface area contributed by atoms with Crippen LogP contribution in [0.5, 0.6) is 0 Å². The normalized spacial score (nSPS) is 13.8. The van der Waals surface area contributed by atoms with Crippen molar-refractivity contribution in [1.82, 2.24) is 15.1 Å². The number of methoxy groups -OCH3 is 1. The first-order valence-corrected chi connectivity index (χ1v) is 7.52.